The molecule has 4 rings (SSSR count). The lowest BCUT2D eigenvalue weighted by molar-refractivity contribution is 0.256. The molecular weight excluding hydrogens is 364 g/mol. The van der Waals surface area contributed by atoms with Gasteiger partial charge in [-0.2, -0.15) is 0 Å². The number of fused-ring (bicyclic) bond motifs is 1. The van der Waals surface area contributed by atoms with Crippen molar-refractivity contribution in [1.82, 2.24) is 9.38 Å². The molecule has 2 aromatic carbocycles. The van der Waals surface area contributed by atoms with Crippen molar-refractivity contribution >= 4 is 23.1 Å². The van der Waals surface area contributed by atoms with Gasteiger partial charge in [-0.1, -0.05) is 36.4 Å². The first-order valence-corrected chi connectivity index (χ1v) is 9.52. The lowest BCUT2D eigenvalue weighted by atomic mass is 10.2. The monoisotopic (exact) mass is 386 g/mol. The molecule has 0 bridgehead atoms. The van der Waals surface area contributed by atoms with Crippen molar-refractivity contribution in [2.45, 2.75) is 13.5 Å². The van der Waals surface area contributed by atoms with E-state index in [-0.39, 0.29) is 6.03 Å². The van der Waals surface area contributed by atoms with E-state index >= 15 is 0 Å². The van der Waals surface area contributed by atoms with Crippen molar-refractivity contribution in [1.29, 1.82) is 0 Å². The Morgan fingerprint density at radius 2 is 1.79 bits per heavy atom. The lowest BCUT2D eigenvalue weighted by Crippen LogP contribution is -2.35. The largest absolute Gasteiger partial charge is 0.492 e. The summed E-state index contributed by atoms with van der Waals surface area (Å²) in [5, 5.41) is 2.99. The predicted molar refractivity (Wildman–Crippen MR) is 114 cm³/mol. The van der Waals surface area contributed by atoms with E-state index in [1.807, 2.05) is 90.3 Å². The number of amides is 2. The minimum Gasteiger partial charge on any atom is -0.492 e. The maximum absolute atomic E-state index is 13.3. The maximum Gasteiger partial charge on any atom is 0.326 e. The van der Waals surface area contributed by atoms with Crippen LogP contribution in [0.5, 0.6) is 5.75 Å². The molecule has 146 valence electrons. The van der Waals surface area contributed by atoms with E-state index in [1.165, 1.54) is 0 Å². The van der Waals surface area contributed by atoms with Crippen LogP contribution in [0.15, 0.2) is 85.2 Å². The molecule has 0 atom stereocenters. The second kappa shape index (κ2) is 8.48. The predicted octanol–water partition coefficient (Wildman–Crippen LogP) is 4.97. The third-order valence-electron chi connectivity index (χ3n) is 4.56. The van der Waals surface area contributed by atoms with E-state index in [4.69, 9.17) is 4.74 Å². The molecule has 0 aliphatic carbocycles. The number of benzene rings is 2. The average Bonchev–Trinajstić information content (AvgIpc) is 3.17. The SMILES string of the molecule is CCOc1ccccc1NC(=O)N(Cc1cnc2ccccn12)c1ccccc1. The van der Waals surface area contributed by atoms with Gasteiger partial charge < -0.3 is 14.5 Å². The summed E-state index contributed by atoms with van der Waals surface area (Å²) >= 11 is 0. The van der Waals surface area contributed by atoms with Gasteiger partial charge in [-0.3, -0.25) is 4.90 Å². The molecule has 2 heterocycles. The number of carbonyl (C=O) groups is 1. The zero-order valence-electron chi connectivity index (χ0n) is 16.2. The fourth-order valence-corrected chi connectivity index (χ4v) is 3.19. The number of aromatic nitrogens is 2. The number of hydrogen-bond donors (Lipinski definition) is 1. The Hall–Kier alpha value is -3.80. The third kappa shape index (κ3) is 4.06. The molecule has 0 saturated heterocycles. The Labute approximate surface area is 169 Å². The summed E-state index contributed by atoms with van der Waals surface area (Å²) < 4.78 is 7.62. The molecule has 4 aromatic rings. The summed E-state index contributed by atoms with van der Waals surface area (Å²) in [4.78, 5) is 19.4. The van der Waals surface area contributed by atoms with E-state index in [0.29, 0.717) is 24.6 Å². The lowest BCUT2D eigenvalue weighted by Gasteiger charge is -2.23. The van der Waals surface area contributed by atoms with Gasteiger partial charge >= 0.3 is 6.03 Å². The molecule has 2 amide bonds. The molecule has 0 fully saturated rings. The first-order chi connectivity index (χ1) is 14.3. The number of nitrogens with one attached hydrogen (secondary N) is 1. The molecule has 6 heteroatoms. The number of ether oxygens (including phenoxy) is 1. The summed E-state index contributed by atoms with van der Waals surface area (Å²) in [5.74, 6) is 0.645. The van der Waals surface area contributed by atoms with Gasteiger partial charge in [0.2, 0.25) is 0 Å². The Bertz CT molecular complexity index is 1110. The molecule has 2 aromatic heterocycles. The Kier molecular flexibility index (Phi) is 5.42. The van der Waals surface area contributed by atoms with Crippen LogP contribution in [0.2, 0.25) is 0 Å². The van der Waals surface area contributed by atoms with Gasteiger partial charge in [0.25, 0.3) is 0 Å². The normalized spacial score (nSPS) is 10.7. The number of urea groups is 1. The second-order valence-corrected chi connectivity index (χ2v) is 6.46. The summed E-state index contributed by atoms with van der Waals surface area (Å²) in [6.07, 6.45) is 3.75. The molecule has 0 spiro atoms. The number of anilines is 2. The van der Waals surface area contributed by atoms with Gasteiger partial charge in [-0.15, -0.1) is 0 Å². The number of nitrogens with zero attached hydrogens (tertiary/aromatic N) is 3. The van der Waals surface area contributed by atoms with Crippen LogP contribution in [0.3, 0.4) is 0 Å². The van der Waals surface area contributed by atoms with Crippen LogP contribution in [-0.4, -0.2) is 22.0 Å². The van der Waals surface area contributed by atoms with Gasteiger partial charge in [0.1, 0.15) is 11.4 Å². The smallest absolute Gasteiger partial charge is 0.326 e. The first kappa shape index (κ1) is 18.6. The number of para-hydroxylation sites is 3. The van der Waals surface area contributed by atoms with Gasteiger partial charge in [-0.25, -0.2) is 9.78 Å². The summed E-state index contributed by atoms with van der Waals surface area (Å²) in [5.41, 5.74) is 3.19. The molecule has 29 heavy (non-hydrogen) atoms. The summed E-state index contributed by atoms with van der Waals surface area (Å²) in [6, 6.07) is 22.6. The molecule has 0 unspecified atom stereocenters. The Morgan fingerprint density at radius 1 is 1.03 bits per heavy atom. The van der Waals surface area contributed by atoms with Crippen LogP contribution < -0.4 is 15.0 Å². The van der Waals surface area contributed by atoms with Gasteiger partial charge in [0.15, 0.2) is 0 Å². The molecule has 0 aliphatic rings. The quantitative estimate of drug-likeness (QED) is 0.509. The molecule has 0 saturated carbocycles. The highest BCUT2D eigenvalue weighted by atomic mass is 16.5. The molecule has 6 nitrogen and oxygen atoms in total. The number of rotatable bonds is 6. The minimum absolute atomic E-state index is 0.241. The fourth-order valence-electron chi connectivity index (χ4n) is 3.19. The number of pyridine rings is 1. The van der Waals surface area contributed by atoms with E-state index in [1.54, 1.807) is 11.1 Å². The summed E-state index contributed by atoms with van der Waals surface area (Å²) in [7, 11) is 0. The maximum atomic E-state index is 13.3. The van der Waals surface area contributed by atoms with Crippen molar-refractivity contribution in [2.75, 3.05) is 16.8 Å². The standard InChI is InChI=1S/C23H22N4O2/c1-2-29-21-13-7-6-12-20(21)25-23(28)27(18-10-4-3-5-11-18)17-19-16-24-22-14-8-9-15-26(19)22/h3-16H,2,17H2,1H3,(H,25,28). The van der Waals surface area contributed by atoms with Crippen molar-refractivity contribution in [3.05, 3.63) is 90.9 Å². The second-order valence-electron chi connectivity index (χ2n) is 6.46. The molecule has 0 aliphatic heterocycles. The highest BCUT2D eigenvalue weighted by Gasteiger charge is 2.19. The van der Waals surface area contributed by atoms with Crippen LogP contribution in [-0.2, 0) is 6.54 Å². The zero-order chi connectivity index (χ0) is 20.1. The van der Waals surface area contributed by atoms with Crippen LogP contribution in [0.25, 0.3) is 5.65 Å². The fraction of sp³-hybridized carbons (Fsp3) is 0.130. The molecule has 0 radical (unpaired) electrons. The van der Waals surface area contributed by atoms with Crippen molar-refractivity contribution < 1.29 is 9.53 Å². The topological polar surface area (TPSA) is 58.9 Å². The van der Waals surface area contributed by atoms with E-state index < -0.39 is 0 Å². The van der Waals surface area contributed by atoms with Crippen molar-refractivity contribution in [3.8, 4) is 5.75 Å². The van der Waals surface area contributed by atoms with E-state index in [0.717, 1.165) is 17.0 Å². The van der Waals surface area contributed by atoms with Crippen LogP contribution in [0.1, 0.15) is 12.6 Å². The Balaban J connectivity index is 1.65. The van der Waals surface area contributed by atoms with E-state index in [2.05, 4.69) is 10.3 Å². The van der Waals surface area contributed by atoms with Crippen LogP contribution >= 0.6 is 0 Å². The summed E-state index contributed by atoms with van der Waals surface area (Å²) in [6.45, 7) is 2.81. The zero-order valence-corrected chi connectivity index (χ0v) is 16.2. The van der Waals surface area contributed by atoms with Gasteiger partial charge in [0.05, 0.1) is 30.7 Å². The van der Waals surface area contributed by atoms with E-state index in [9.17, 15) is 4.79 Å². The first-order valence-electron chi connectivity index (χ1n) is 9.52. The number of carbonyl (C=O) groups excluding carboxylic acids is 1. The minimum atomic E-state index is -0.241. The van der Waals surface area contributed by atoms with Gasteiger partial charge in [-0.05, 0) is 43.3 Å². The van der Waals surface area contributed by atoms with Crippen LogP contribution in [0, 0.1) is 0 Å². The Morgan fingerprint density at radius 3 is 2.62 bits per heavy atom. The van der Waals surface area contributed by atoms with Gasteiger partial charge in [0, 0.05) is 11.9 Å². The van der Waals surface area contributed by atoms with Crippen molar-refractivity contribution in [2.24, 2.45) is 0 Å². The molecular formula is C23H22N4O2. The molecule has 1 N–H and O–H groups in total. The third-order valence-corrected chi connectivity index (χ3v) is 4.56. The highest BCUT2D eigenvalue weighted by Crippen LogP contribution is 2.26. The average molecular weight is 386 g/mol. The number of hydrogen-bond acceptors (Lipinski definition) is 3. The van der Waals surface area contributed by atoms with Crippen LogP contribution in [0.4, 0.5) is 16.2 Å². The highest BCUT2D eigenvalue weighted by molar-refractivity contribution is 6.02. The number of imidazole rings is 1. The van der Waals surface area contributed by atoms with Crippen molar-refractivity contribution in [3.63, 3.8) is 0 Å².